The Kier molecular flexibility index (Phi) is 3.50. The minimum atomic E-state index is -3.02. The lowest BCUT2D eigenvalue weighted by Gasteiger charge is -2.15. The molecule has 0 saturated heterocycles. The van der Waals surface area contributed by atoms with Gasteiger partial charge in [0.2, 0.25) is 0 Å². The molecule has 0 aromatic heterocycles. The minimum Gasteiger partial charge on any atom is -0.480 e. The highest BCUT2D eigenvalue weighted by Crippen LogP contribution is 2.23. The zero-order valence-electron chi connectivity index (χ0n) is 6.13. The molecule has 0 aliphatic carbocycles. The maximum absolute atomic E-state index is 10.4. The lowest BCUT2D eigenvalue weighted by Crippen LogP contribution is -2.48. The van der Waals surface area contributed by atoms with Crippen LogP contribution < -0.4 is 0 Å². The lowest BCUT2D eigenvalue weighted by atomic mass is 9.91. The normalized spacial score (nSPS) is 11.1. The number of rotatable bonds is 5. The van der Waals surface area contributed by atoms with Crippen molar-refractivity contribution >= 4 is 26.4 Å². The smallest absolute Gasteiger partial charge is 0.333 e. The van der Waals surface area contributed by atoms with Crippen molar-refractivity contribution in [3.8, 4) is 0 Å². The predicted molar refractivity (Wildman–Crippen MR) is 37.8 cm³/mol. The van der Waals surface area contributed by atoms with Crippen molar-refractivity contribution in [1.29, 1.82) is 0 Å². The van der Waals surface area contributed by atoms with Crippen LogP contribution in [0.15, 0.2) is 0 Å². The Morgan fingerprint density at radius 1 is 1.00 bits per heavy atom. The second-order valence-corrected chi connectivity index (χ2v) is 2.68. The van der Waals surface area contributed by atoms with Gasteiger partial charge in [-0.3, -0.25) is 18.9 Å². The molecule has 7 nitrogen and oxygen atoms in total. The summed E-state index contributed by atoms with van der Waals surface area (Å²) in [6.07, 6.45) is -1.01. The van der Waals surface area contributed by atoms with E-state index in [2.05, 4.69) is 0 Å². The molecular formula is C5H5O7P. The van der Waals surface area contributed by atoms with Gasteiger partial charge in [-0.1, -0.05) is 0 Å². The Bertz CT molecular complexity index is 234. The SMILES string of the molecule is O=PCC(C(=O)O)(C(=O)O)C(=O)O. The van der Waals surface area contributed by atoms with Gasteiger partial charge in [0, 0.05) is 0 Å². The summed E-state index contributed by atoms with van der Waals surface area (Å²) in [5.41, 5.74) is -3.02. The van der Waals surface area contributed by atoms with Crippen molar-refractivity contribution < 1.29 is 34.3 Å². The molecule has 8 heteroatoms. The van der Waals surface area contributed by atoms with Crippen LogP contribution in [0.5, 0.6) is 0 Å². The summed E-state index contributed by atoms with van der Waals surface area (Å²) in [4.78, 5) is 31.2. The molecule has 0 amide bonds. The van der Waals surface area contributed by atoms with E-state index in [0.717, 1.165) is 0 Å². The maximum Gasteiger partial charge on any atom is 0.333 e. The molecular weight excluding hydrogens is 203 g/mol. The highest BCUT2D eigenvalue weighted by Gasteiger charge is 2.54. The fourth-order valence-corrected chi connectivity index (χ4v) is 1.17. The van der Waals surface area contributed by atoms with E-state index in [1.165, 1.54) is 0 Å². The molecule has 0 bridgehead atoms. The molecule has 0 aliphatic rings. The summed E-state index contributed by atoms with van der Waals surface area (Å²) in [7, 11) is -0.852. The van der Waals surface area contributed by atoms with Crippen LogP contribution in [0.4, 0.5) is 0 Å². The van der Waals surface area contributed by atoms with Crippen LogP contribution >= 0.6 is 8.46 Å². The summed E-state index contributed by atoms with van der Waals surface area (Å²) in [5, 5.41) is 25.2. The zero-order valence-corrected chi connectivity index (χ0v) is 7.02. The molecule has 72 valence electrons. The van der Waals surface area contributed by atoms with Gasteiger partial charge in [-0.05, 0) is 0 Å². The van der Waals surface area contributed by atoms with E-state index >= 15 is 0 Å². The monoisotopic (exact) mass is 208 g/mol. The van der Waals surface area contributed by atoms with E-state index in [1.54, 1.807) is 0 Å². The fourth-order valence-electron chi connectivity index (χ4n) is 0.574. The lowest BCUT2D eigenvalue weighted by molar-refractivity contribution is -0.173. The van der Waals surface area contributed by atoms with E-state index in [9.17, 15) is 18.9 Å². The van der Waals surface area contributed by atoms with Gasteiger partial charge in [0.05, 0.1) is 6.16 Å². The van der Waals surface area contributed by atoms with Gasteiger partial charge in [0.1, 0.15) is 0 Å². The standard InChI is InChI=1S/C5H5O7P/c6-2(7)5(1-13-12,3(8)9)4(10)11/h1H2,(H,6,7)(H,8,9)(H,10,11). The van der Waals surface area contributed by atoms with E-state index in [4.69, 9.17) is 15.3 Å². The van der Waals surface area contributed by atoms with Crippen LogP contribution in [0, 0.1) is 5.41 Å². The number of hydrogen-bond donors (Lipinski definition) is 3. The minimum absolute atomic E-state index is 0.852. The molecule has 0 aliphatic heterocycles. The van der Waals surface area contributed by atoms with Gasteiger partial charge < -0.3 is 15.3 Å². The van der Waals surface area contributed by atoms with Gasteiger partial charge in [0.25, 0.3) is 5.41 Å². The number of aliphatic carboxylic acids is 3. The molecule has 0 saturated carbocycles. The molecule has 0 aromatic rings. The summed E-state index contributed by atoms with van der Waals surface area (Å²) < 4.78 is 10.0. The van der Waals surface area contributed by atoms with Gasteiger partial charge in [0.15, 0.2) is 8.46 Å². The van der Waals surface area contributed by atoms with Gasteiger partial charge in [-0.2, -0.15) is 0 Å². The molecule has 0 rings (SSSR count). The first-order valence-electron chi connectivity index (χ1n) is 2.89. The number of carboxylic acids is 3. The Morgan fingerprint density at radius 3 is 1.38 bits per heavy atom. The number of hydrogen-bond acceptors (Lipinski definition) is 4. The quantitative estimate of drug-likeness (QED) is 0.410. The van der Waals surface area contributed by atoms with Gasteiger partial charge in [-0.25, -0.2) is 0 Å². The number of carbonyl (C=O) groups is 3. The van der Waals surface area contributed by atoms with E-state index in [-0.39, 0.29) is 0 Å². The fraction of sp³-hybridized carbons (Fsp3) is 0.400. The van der Waals surface area contributed by atoms with Crippen molar-refractivity contribution in [1.82, 2.24) is 0 Å². The molecule has 0 atom stereocenters. The highest BCUT2D eigenvalue weighted by atomic mass is 31.1. The highest BCUT2D eigenvalue weighted by molar-refractivity contribution is 7.24. The van der Waals surface area contributed by atoms with Gasteiger partial charge in [-0.15, -0.1) is 0 Å². The Balaban J connectivity index is 5.29. The van der Waals surface area contributed by atoms with Crippen LogP contribution in [0.1, 0.15) is 0 Å². The number of carboxylic acid groups (broad SMARTS) is 3. The molecule has 3 N–H and O–H groups in total. The molecule has 0 heterocycles. The maximum atomic E-state index is 10.4. The first kappa shape index (κ1) is 11.5. The molecule has 13 heavy (non-hydrogen) atoms. The summed E-state index contributed by atoms with van der Waals surface area (Å²) >= 11 is 0. The van der Waals surface area contributed by atoms with Crippen LogP contribution in [-0.2, 0) is 18.9 Å². The largest absolute Gasteiger partial charge is 0.480 e. The topological polar surface area (TPSA) is 129 Å². The molecule has 0 aromatic carbocycles. The van der Waals surface area contributed by atoms with Gasteiger partial charge >= 0.3 is 17.9 Å². The summed E-state index contributed by atoms with van der Waals surface area (Å²) in [6, 6.07) is 0. The predicted octanol–water partition coefficient (Wildman–Crippen LogP) is -0.482. The Morgan fingerprint density at radius 2 is 1.31 bits per heavy atom. The van der Waals surface area contributed by atoms with Crippen molar-refractivity contribution in [2.75, 3.05) is 6.16 Å². The Hall–Kier alpha value is -1.49. The molecule has 0 spiro atoms. The van der Waals surface area contributed by atoms with Crippen molar-refractivity contribution in [3.05, 3.63) is 0 Å². The second-order valence-electron chi connectivity index (χ2n) is 2.11. The summed E-state index contributed by atoms with van der Waals surface area (Å²) in [5.74, 6) is -6.14. The average Bonchev–Trinajstić information content (AvgIpc) is 1.97. The molecule has 0 unspecified atom stereocenters. The van der Waals surface area contributed by atoms with Crippen LogP contribution in [0.2, 0.25) is 0 Å². The third-order valence-electron chi connectivity index (χ3n) is 1.40. The van der Waals surface area contributed by atoms with Crippen molar-refractivity contribution in [3.63, 3.8) is 0 Å². The van der Waals surface area contributed by atoms with E-state index in [1.807, 2.05) is 0 Å². The van der Waals surface area contributed by atoms with Crippen LogP contribution in [-0.4, -0.2) is 39.4 Å². The molecule has 0 radical (unpaired) electrons. The van der Waals surface area contributed by atoms with Crippen LogP contribution in [0.25, 0.3) is 0 Å². The first-order valence-corrected chi connectivity index (χ1v) is 3.88. The second kappa shape index (κ2) is 3.95. The average molecular weight is 208 g/mol. The zero-order chi connectivity index (χ0) is 10.6. The summed E-state index contributed by atoms with van der Waals surface area (Å²) in [6.45, 7) is 0. The van der Waals surface area contributed by atoms with Crippen molar-refractivity contribution in [2.45, 2.75) is 0 Å². The Labute approximate surface area is 73.2 Å². The third kappa shape index (κ3) is 1.81. The van der Waals surface area contributed by atoms with E-state index < -0.39 is 37.9 Å². The third-order valence-corrected chi connectivity index (χ3v) is 2.00. The first-order chi connectivity index (χ1) is 5.89. The van der Waals surface area contributed by atoms with Crippen molar-refractivity contribution in [2.24, 2.45) is 5.41 Å². The molecule has 0 fully saturated rings. The van der Waals surface area contributed by atoms with E-state index in [0.29, 0.717) is 0 Å². The van der Waals surface area contributed by atoms with Crippen LogP contribution in [0.3, 0.4) is 0 Å².